The van der Waals surface area contributed by atoms with Crippen molar-refractivity contribution in [2.24, 2.45) is 0 Å². The molecule has 4 heteroatoms. The van der Waals surface area contributed by atoms with Crippen LogP contribution < -0.4 is 5.32 Å². The number of halogens is 1. The van der Waals surface area contributed by atoms with Crippen LogP contribution in [0.1, 0.15) is 21.5 Å². The molecule has 0 heterocycles. The molecule has 2 rings (SSSR count). The Kier molecular flexibility index (Phi) is 4.39. The first kappa shape index (κ1) is 14.1. The summed E-state index contributed by atoms with van der Waals surface area (Å²) in [5.41, 5.74) is 2.91. The summed E-state index contributed by atoms with van der Waals surface area (Å²) in [6, 6.07) is 14.6. The molecule has 0 bridgehead atoms. The molecule has 100 valence electrons. The Hall–Kier alpha value is -2.31. The number of amides is 1. The molecule has 1 amide bonds. The maximum absolute atomic E-state index is 12.1. The van der Waals surface area contributed by atoms with Gasteiger partial charge in [0.2, 0.25) is 0 Å². The van der Waals surface area contributed by atoms with Crippen molar-refractivity contribution >= 4 is 23.2 Å². The van der Waals surface area contributed by atoms with Crippen LogP contribution in [0.25, 0.3) is 0 Å². The molecule has 0 saturated carbocycles. The normalized spacial score (nSPS) is 9.85. The third kappa shape index (κ3) is 3.17. The molecule has 0 fully saturated rings. The quantitative estimate of drug-likeness (QED) is 0.927. The number of anilines is 1. The molecule has 20 heavy (non-hydrogen) atoms. The first-order chi connectivity index (χ1) is 9.61. The monoisotopic (exact) mass is 284 g/mol. The van der Waals surface area contributed by atoms with Gasteiger partial charge in [0.25, 0.3) is 5.91 Å². The zero-order valence-electron chi connectivity index (χ0n) is 11.0. The van der Waals surface area contributed by atoms with Gasteiger partial charge in [0.15, 0.2) is 0 Å². The Bertz CT molecular complexity index is 672. The second-order valence-corrected chi connectivity index (χ2v) is 4.80. The molecule has 0 aliphatic rings. The van der Waals surface area contributed by atoms with E-state index >= 15 is 0 Å². The van der Waals surface area contributed by atoms with Crippen LogP contribution in [0.2, 0.25) is 5.02 Å². The van der Waals surface area contributed by atoms with Gasteiger partial charge in [-0.2, -0.15) is 5.26 Å². The van der Waals surface area contributed by atoms with E-state index in [1.807, 2.05) is 25.1 Å². The molecule has 0 atom stereocenters. The van der Waals surface area contributed by atoms with E-state index in [0.29, 0.717) is 22.7 Å². The lowest BCUT2D eigenvalue weighted by Crippen LogP contribution is -2.12. The largest absolute Gasteiger partial charge is 0.322 e. The Balaban J connectivity index is 2.15. The summed E-state index contributed by atoms with van der Waals surface area (Å²) in [5, 5.41) is 11.9. The minimum atomic E-state index is -0.244. The van der Waals surface area contributed by atoms with Gasteiger partial charge in [0.1, 0.15) is 0 Å². The highest BCUT2D eigenvalue weighted by Crippen LogP contribution is 2.21. The average molecular weight is 285 g/mol. The van der Waals surface area contributed by atoms with E-state index < -0.39 is 0 Å². The summed E-state index contributed by atoms with van der Waals surface area (Å²) in [5.74, 6) is -0.244. The predicted octanol–water partition coefficient (Wildman–Crippen LogP) is 3.97. The number of aryl methyl sites for hydroxylation is 1. The van der Waals surface area contributed by atoms with Crippen LogP contribution in [0.15, 0.2) is 42.5 Å². The van der Waals surface area contributed by atoms with Gasteiger partial charge in [0.05, 0.1) is 23.1 Å². The number of carbonyl (C=O) groups is 1. The van der Waals surface area contributed by atoms with Gasteiger partial charge in [-0.3, -0.25) is 4.79 Å². The van der Waals surface area contributed by atoms with Gasteiger partial charge in [-0.1, -0.05) is 35.9 Å². The molecule has 3 nitrogen and oxygen atoms in total. The summed E-state index contributed by atoms with van der Waals surface area (Å²) >= 11 is 6.12. The highest BCUT2D eigenvalue weighted by atomic mass is 35.5. The number of benzene rings is 2. The minimum Gasteiger partial charge on any atom is -0.322 e. The molecule has 0 aliphatic carbocycles. The van der Waals surface area contributed by atoms with Crippen LogP contribution in [0, 0.1) is 18.3 Å². The first-order valence-electron chi connectivity index (χ1n) is 6.14. The first-order valence-corrected chi connectivity index (χ1v) is 6.52. The zero-order valence-corrected chi connectivity index (χ0v) is 11.7. The second kappa shape index (κ2) is 6.23. The molecule has 0 spiro atoms. The zero-order chi connectivity index (χ0) is 14.5. The topological polar surface area (TPSA) is 52.9 Å². The fourth-order valence-electron chi connectivity index (χ4n) is 1.82. The number of nitrogens with zero attached hydrogens (tertiary/aromatic N) is 1. The van der Waals surface area contributed by atoms with Gasteiger partial charge in [-0.25, -0.2) is 0 Å². The maximum atomic E-state index is 12.1. The van der Waals surface area contributed by atoms with Crippen molar-refractivity contribution in [2.75, 3.05) is 5.32 Å². The summed E-state index contributed by atoms with van der Waals surface area (Å²) < 4.78 is 0. The van der Waals surface area contributed by atoms with Gasteiger partial charge >= 0.3 is 0 Å². The van der Waals surface area contributed by atoms with Crippen LogP contribution in [-0.4, -0.2) is 5.91 Å². The standard InChI is InChI=1S/C16H13ClN2O/c1-11-3-2-4-14(15(11)17)16(20)19-13-7-5-12(6-8-13)9-10-18/h2-8H,9H2,1H3,(H,19,20). The molecular formula is C16H13ClN2O. The van der Waals surface area contributed by atoms with Crippen molar-refractivity contribution in [3.05, 3.63) is 64.2 Å². The second-order valence-electron chi connectivity index (χ2n) is 4.42. The summed E-state index contributed by atoms with van der Waals surface area (Å²) in [6.45, 7) is 1.86. The molecule has 0 unspecified atom stereocenters. The fourth-order valence-corrected chi connectivity index (χ4v) is 2.03. The van der Waals surface area contributed by atoms with E-state index in [-0.39, 0.29) is 5.91 Å². The molecule has 0 aromatic heterocycles. The smallest absolute Gasteiger partial charge is 0.257 e. The van der Waals surface area contributed by atoms with Gasteiger partial charge in [-0.05, 0) is 36.2 Å². The third-order valence-corrected chi connectivity index (χ3v) is 3.43. The Morgan fingerprint density at radius 1 is 1.25 bits per heavy atom. The molecule has 0 saturated heterocycles. The van der Waals surface area contributed by atoms with Crippen LogP contribution >= 0.6 is 11.6 Å². The van der Waals surface area contributed by atoms with Crippen LogP contribution in [0.5, 0.6) is 0 Å². The van der Waals surface area contributed by atoms with Gasteiger partial charge in [-0.15, -0.1) is 0 Å². The predicted molar refractivity (Wildman–Crippen MR) is 79.9 cm³/mol. The highest BCUT2D eigenvalue weighted by molar-refractivity contribution is 6.35. The number of hydrogen-bond acceptors (Lipinski definition) is 2. The van der Waals surface area contributed by atoms with Crippen molar-refractivity contribution in [2.45, 2.75) is 13.3 Å². The minimum absolute atomic E-state index is 0.244. The SMILES string of the molecule is Cc1cccc(C(=O)Nc2ccc(CC#N)cc2)c1Cl. The van der Waals surface area contributed by atoms with E-state index in [2.05, 4.69) is 11.4 Å². The van der Waals surface area contributed by atoms with Crippen molar-refractivity contribution < 1.29 is 4.79 Å². The number of nitriles is 1. The van der Waals surface area contributed by atoms with Crippen LogP contribution in [0.4, 0.5) is 5.69 Å². The Morgan fingerprint density at radius 2 is 1.95 bits per heavy atom. The summed E-state index contributed by atoms with van der Waals surface area (Å²) in [7, 11) is 0. The average Bonchev–Trinajstić information content (AvgIpc) is 2.44. The number of hydrogen-bond donors (Lipinski definition) is 1. The Labute approximate surface area is 122 Å². The molecule has 2 aromatic carbocycles. The molecular weight excluding hydrogens is 272 g/mol. The lowest BCUT2D eigenvalue weighted by atomic mass is 10.1. The number of carbonyl (C=O) groups excluding carboxylic acids is 1. The number of nitrogens with one attached hydrogen (secondary N) is 1. The summed E-state index contributed by atoms with van der Waals surface area (Å²) in [6.07, 6.45) is 0.359. The van der Waals surface area contributed by atoms with E-state index in [4.69, 9.17) is 16.9 Å². The third-order valence-electron chi connectivity index (χ3n) is 2.93. The van der Waals surface area contributed by atoms with Crippen molar-refractivity contribution in [3.63, 3.8) is 0 Å². The lowest BCUT2D eigenvalue weighted by Gasteiger charge is -2.08. The summed E-state index contributed by atoms with van der Waals surface area (Å²) in [4.78, 5) is 12.1. The fraction of sp³-hybridized carbons (Fsp3) is 0.125. The molecule has 0 aliphatic heterocycles. The van der Waals surface area contributed by atoms with Crippen LogP contribution in [-0.2, 0) is 6.42 Å². The van der Waals surface area contributed by atoms with Crippen molar-refractivity contribution in [3.8, 4) is 6.07 Å². The van der Waals surface area contributed by atoms with Crippen molar-refractivity contribution in [1.29, 1.82) is 5.26 Å². The molecule has 1 N–H and O–H groups in total. The van der Waals surface area contributed by atoms with Crippen molar-refractivity contribution in [1.82, 2.24) is 0 Å². The molecule has 2 aromatic rings. The van der Waals surface area contributed by atoms with Gasteiger partial charge < -0.3 is 5.32 Å². The highest BCUT2D eigenvalue weighted by Gasteiger charge is 2.11. The Morgan fingerprint density at radius 3 is 2.60 bits per heavy atom. The van der Waals surface area contributed by atoms with E-state index in [0.717, 1.165) is 11.1 Å². The van der Waals surface area contributed by atoms with E-state index in [1.54, 1.807) is 24.3 Å². The number of rotatable bonds is 3. The van der Waals surface area contributed by atoms with Gasteiger partial charge in [0, 0.05) is 5.69 Å². The molecule has 0 radical (unpaired) electrons. The van der Waals surface area contributed by atoms with Crippen LogP contribution in [0.3, 0.4) is 0 Å². The van der Waals surface area contributed by atoms with E-state index in [1.165, 1.54) is 0 Å². The maximum Gasteiger partial charge on any atom is 0.257 e. The van der Waals surface area contributed by atoms with E-state index in [9.17, 15) is 4.79 Å². The lowest BCUT2D eigenvalue weighted by molar-refractivity contribution is 0.102.